The van der Waals surface area contributed by atoms with Crippen molar-refractivity contribution in [2.45, 2.75) is 45.1 Å². The van der Waals surface area contributed by atoms with Crippen molar-refractivity contribution in [2.24, 2.45) is 0 Å². The van der Waals surface area contributed by atoms with Gasteiger partial charge in [-0.3, -0.25) is 4.79 Å². The highest BCUT2D eigenvalue weighted by Gasteiger charge is 2.20. The number of ether oxygens (including phenoxy) is 1. The molecular formula is C17H22O4. The van der Waals surface area contributed by atoms with Crippen molar-refractivity contribution in [2.75, 3.05) is 0 Å². The normalized spacial score (nSPS) is 14.5. The van der Waals surface area contributed by atoms with E-state index in [0.717, 1.165) is 25.7 Å². The number of phenols is 1. The quantitative estimate of drug-likeness (QED) is 0.682. The van der Waals surface area contributed by atoms with Gasteiger partial charge in [-0.25, -0.2) is 4.79 Å². The fourth-order valence-electron chi connectivity index (χ4n) is 2.04. The SMILES string of the molecule is C=CC(C)=O.O=C(OC1CCCCC1)c1ccccc1O. The predicted octanol–water partition coefficient (Wildman–Crippen LogP) is 3.64. The highest BCUT2D eigenvalue weighted by molar-refractivity contribution is 5.92. The molecule has 1 aromatic carbocycles. The second-order valence-corrected chi connectivity index (χ2v) is 5.00. The summed E-state index contributed by atoms with van der Waals surface area (Å²) in [5.74, 6) is -0.404. The van der Waals surface area contributed by atoms with Crippen molar-refractivity contribution >= 4 is 11.8 Å². The second kappa shape index (κ2) is 8.95. The highest BCUT2D eigenvalue weighted by atomic mass is 16.5. The van der Waals surface area contributed by atoms with Gasteiger partial charge in [-0.15, -0.1) is 0 Å². The van der Waals surface area contributed by atoms with Gasteiger partial charge in [0, 0.05) is 0 Å². The fraction of sp³-hybridized carbons (Fsp3) is 0.412. The molecule has 0 aromatic heterocycles. The first-order valence-electron chi connectivity index (χ1n) is 7.16. The summed E-state index contributed by atoms with van der Waals surface area (Å²) in [4.78, 5) is 21.4. The summed E-state index contributed by atoms with van der Waals surface area (Å²) in [6.07, 6.45) is 6.67. The maximum Gasteiger partial charge on any atom is 0.342 e. The first-order chi connectivity index (χ1) is 10.0. The molecule has 1 aliphatic rings. The number of ketones is 1. The zero-order chi connectivity index (χ0) is 15.7. The molecule has 0 unspecified atom stereocenters. The van der Waals surface area contributed by atoms with Crippen molar-refractivity contribution in [1.82, 2.24) is 0 Å². The summed E-state index contributed by atoms with van der Waals surface area (Å²) in [6, 6.07) is 6.49. The smallest absolute Gasteiger partial charge is 0.342 e. The third-order valence-corrected chi connectivity index (χ3v) is 3.24. The van der Waals surface area contributed by atoms with Crippen LogP contribution in [-0.2, 0) is 9.53 Å². The number of rotatable bonds is 3. The number of benzene rings is 1. The fourth-order valence-corrected chi connectivity index (χ4v) is 2.04. The molecule has 1 N–H and O–H groups in total. The Morgan fingerprint density at radius 3 is 2.33 bits per heavy atom. The van der Waals surface area contributed by atoms with E-state index in [1.54, 1.807) is 18.2 Å². The van der Waals surface area contributed by atoms with E-state index in [-0.39, 0.29) is 23.2 Å². The minimum atomic E-state index is -0.412. The lowest BCUT2D eigenvalue weighted by molar-refractivity contribution is -0.112. The van der Waals surface area contributed by atoms with Gasteiger partial charge >= 0.3 is 5.97 Å². The molecule has 0 radical (unpaired) electrons. The standard InChI is InChI=1S/C13H16O3.C4H6O/c14-12-9-5-4-8-11(12)13(15)16-10-6-2-1-3-7-10;1-3-4(2)5/h4-5,8-10,14H,1-3,6-7H2;3H,1H2,2H3. The van der Waals surface area contributed by atoms with E-state index in [0.29, 0.717) is 0 Å². The Hall–Kier alpha value is -2.10. The Morgan fingerprint density at radius 2 is 1.81 bits per heavy atom. The number of hydrogen-bond acceptors (Lipinski definition) is 4. The summed E-state index contributed by atoms with van der Waals surface area (Å²) >= 11 is 0. The van der Waals surface area contributed by atoms with Crippen molar-refractivity contribution in [3.8, 4) is 5.75 Å². The van der Waals surface area contributed by atoms with E-state index >= 15 is 0 Å². The van der Waals surface area contributed by atoms with Gasteiger partial charge in [-0.05, 0) is 50.8 Å². The topological polar surface area (TPSA) is 63.6 Å². The molecule has 4 heteroatoms. The average molecular weight is 290 g/mol. The van der Waals surface area contributed by atoms with E-state index in [1.165, 1.54) is 25.5 Å². The molecule has 4 nitrogen and oxygen atoms in total. The molecule has 0 spiro atoms. The van der Waals surface area contributed by atoms with Crippen molar-refractivity contribution in [1.29, 1.82) is 0 Å². The molecule has 0 heterocycles. The molecule has 1 saturated carbocycles. The molecule has 1 aromatic rings. The zero-order valence-electron chi connectivity index (χ0n) is 12.4. The van der Waals surface area contributed by atoms with E-state index in [4.69, 9.17) is 4.74 Å². The van der Waals surface area contributed by atoms with Crippen LogP contribution in [0.1, 0.15) is 49.4 Å². The Morgan fingerprint density at radius 1 is 1.24 bits per heavy atom. The summed E-state index contributed by atoms with van der Waals surface area (Å²) in [7, 11) is 0. The lowest BCUT2D eigenvalue weighted by atomic mass is 9.98. The van der Waals surface area contributed by atoms with Gasteiger partial charge in [0.2, 0.25) is 0 Å². The average Bonchev–Trinajstić information content (AvgIpc) is 2.49. The number of carbonyl (C=O) groups is 2. The Kier molecular flexibility index (Phi) is 7.23. The summed E-state index contributed by atoms with van der Waals surface area (Å²) in [6.45, 7) is 4.68. The van der Waals surface area contributed by atoms with Crippen LogP contribution in [0, 0.1) is 0 Å². The third kappa shape index (κ3) is 6.25. The molecule has 21 heavy (non-hydrogen) atoms. The number of carbonyl (C=O) groups excluding carboxylic acids is 2. The lowest BCUT2D eigenvalue weighted by Crippen LogP contribution is -2.20. The number of hydrogen-bond donors (Lipinski definition) is 1. The molecule has 0 saturated heterocycles. The predicted molar refractivity (Wildman–Crippen MR) is 81.3 cm³/mol. The lowest BCUT2D eigenvalue weighted by Gasteiger charge is -2.21. The van der Waals surface area contributed by atoms with Crippen molar-refractivity contribution in [3.05, 3.63) is 42.5 Å². The number of phenolic OH excluding ortho intramolecular Hbond substituents is 1. The number of aromatic hydroxyl groups is 1. The van der Waals surface area contributed by atoms with E-state index in [9.17, 15) is 14.7 Å². The van der Waals surface area contributed by atoms with Gasteiger partial charge in [0.05, 0.1) is 0 Å². The number of esters is 1. The highest BCUT2D eigenvalue weighted by Crippen LogP contribution is 2.23. The van der Waals surface area contributed by atoms with Crippen LogP contribution < -0.4 is 0 Å². The monoisotopic (exact) mass is 290 g/mol. The van der Waals surface area contributed by atoms with Crippen molar-refractivity contribution in [3.63, 3.8) is 0 Å². The minimum absolute atomic E-state index is 0.0108. The molecule has 1 aliphatic carbocycles. The maximum absolute atomic E-state index is 11.8. The molecule has 0 bridgehead atoms. The van der Waals surface area contributed by atoms with Crippen molar-refractivity contribution < 1.29 is 19.4 Å². The van der Waals surface area contributed by atoms with Crippen LogP contribution in [0.5, 0.6) is 5.75 Å². The summed E-state index contributed by atoms with van der Waals surface area (Å²) in [5, 5.41) is 9.51. The first-order valence-corrected chi connectivity index (χ1v) is 7.16. The van der Waals surface area contributed by atoms with Gasteiger partial charge in [0.1, 0.15) is 17.4 Å². The van der Waals surface area contributed by atoms with E-state index in [1.807, 2.05) is 0 Å². The minimum Gasteiger partial charge on any atom is -0.507 e. The van der Waals surface area contributed by atoms with Gasteiger partial charge in [0.25, 0.3) is 0 Å². The van der Waals surface area contributed by atoms with Gasteiger partial charge in [-0.2, -0.15) is 0 Å². The molecule has 2 rings (SSSR count). The largest absolute Gasteiger partial charge is 0.507 e. The molecule has 0 amide bonds. The van der Waals surface area contributed by atoms with Gasteiger partial charge in [-0.1, -0.05) is 25.1 Å². The Bertz CT molecular complexity index is 487. The number of para-hydroxylation sites is 1. The van der Waals surface area contributed by atoms with E-state index in [2.05, 4.69) is 6.58 Å². The molecular weight excluding hydrogens is 268 g/mol. The maximum atomic E-state index is 11.8. The van der Waals surface area contributed by atoms with Crippen LogP contribution in [0.25, 0.3) is 0 Å². The van der Waals surface area contributed by atoms with Crippen LogP contribution in [-0.4, -0.2) is 23.0 Å². The van der Waals surface area contributed by atoms with Crippen LogP contribution >= 0.6 is 0 Å². The molecule has 1 fully saturated rings. The van der Waals surface area contributed by atoms with Crippen LogP contribution in [0.3, 0.4) is 0 Å². The Labute approximate surface area is 125 Å². The van der Waals surface area contributed by atoms with Gasteiger partial charge < -0.3 is 9.84 Å². The summed E-state index contributed by atoms with van der Waals surface area (Å²) in [5.41, 5.74) is 0.257. The number of allylic oxidation sites excluding steroid dienone is 1. The van der Waals surface area contributed by atoms with E-state index < -0.39 is 5.97 Å². The Balaban J connectivity index is 0.000000383. The first kappa shape index (κ1) is 17.0. The van der Waals surface area contributed by atoms with Crippen LogP contribution in [0.4, 0.5) is 0 Å². The van der Waals surface area contributed by atoms with Crippen LogP contribution in [0.2, 0.25) is 0 Å². The zero-order valence-corrected chi connectivity index (χ0v) is 12.4. The van der Waals surface area contributed by atoms with Crippen LogP contribution in [0.15, 0.2) is 36.9 Å². The molecule has 0 aliphatic heterocycles. The molecule has 0 atom stereocenters. The third-order valence-electron chi connectivity index (χ3n) is 3.24. The summed E-state index contributed by atoms with van der Waals surface area (Å²) < 4.78 is 5.36. The second-order valence-electron chi connectivity index (χ2n) is 5.00. The van der Waals surface area contributed by atoms with Gasteiger partial charge in [0.15, 0.2) is 5.78 Å². The molecule has 114 valence electrons.